The van der Waals surface area contributed by atoms with Gasteiger partial charge in [0, 0.05) is 17.7 Å². The smallest absolute Gasteiger partial charge is 0.343 e. The molecule has 5 heteroatoms. The van der Waals surface area contributed by atoms with Crippen LogP contribution in [0.3, 0.4) is 0 Å². The second-order valence-corrected chi connectivity index (χ2v) is 10.4. The Morgan fingerprint density at radius 3 is 2.28 bits per heavy atom. The molecule has 4 atom stereocenters. The summed E-state index contributed by atoms with van der Waals surface area (Å²) >= 11 is 0. The highest BCUT2D eigenvalue weighted by Crippen LogP contribution is 2.48. The van der Waals surface area contributed by atoms with E-state index in [1.807, 2.05) is 6.08 Å². The number of ether oxygens (including phenoxy) is 1. The van der Waals surface area contributed by atoms with E-state index >= 15 is 4.39 Å². The molecule has 2 aromatic carbocycles. The molecule has 36 heavy (non-hydrogen) atoms. The molecule has 2 saturated carbocycles. The van der Waals surface area contributed by atoms with Gasteiger partial charge >= 0.3 is 5.97 Å². The van der Waals surface area contributed by atoms with E-state index in [2.05, 4.69) is 13.2 Å². The maximum atomic E-state index is 15.1. The summed E-state index contributed by atoms with van der Waals surface area (Å²) < 4.78 is 48.8. The maximum Gasteiger partial charge on any atom is 0.343 e. The third-order valence-electron chi connectivity index (χ3n) is 8.10. The van der Waals surface area contributed by atoms with E-state index < -0.39 is 23.4 Å². The molecule has 2 aromatic rings. The summed E-state index contributed by atoms with van der Waals surface area (Å²) in [6.45, 7) is 7.39. The molecule has 2 aliphatic carbocycles. The molecular formula is C31H35F3O2. The van der Waals surface area contributed by atoms with Crippen LogP contribution in [0.5, 0.6) is 5.75 Å². The fraction of sp³-hybridized carbons (Fsp3) is 0.452. The van der Waals surface area contributed by atoms with Crippen molar-refractivity contribution in [1.82, 2.24) is 0 Å². The quantitative estimate of drug-likeness (QED) is 0.197. The SMILES string of the molecule is C=CCCc1c(F)cc(OC(=O)c2ccc(C3CCC4CC(CCC=C)CCC4C3)c(F)c2)cc1F. The molecule has 4 rings (SSSR count). The van der Waals surface area contributed by atoms with Crippen LogP contribution in [0.25, 0.3) is 0 Å². The van der Waals surface area contributed by atoms with E-state index in [0.29, 0.717) is 17.9 Å². The minimum absolute atomic E-state index is 0.0178. The number of halogens is 3. The minimum atomic E-state index is -0.848. The summed E-state index contributed by atoms with van der Waals surface area (Å²) in [6, 6.07) is 6.36. The van der Waals surface area contributed by atoms with Gasteiger partial charge in [0.2, 0.25) is 0 Å². The lowest BCUT2D eigenvalue weighted by Crippen LogP contribution is -2.30. The molecule has 0 saturated heterocycles. The van der Waals surface area contributed by atoms with Gasteiger partial charge < -0.3 is 4.74 Å². The van der Waals surface area contributed by atoms with Crippen molar-refractivity contribution in [3.8, 4) is 5.75 Å². The van der Waals surface area contributed by atoms with Gasteiger partial charge in [-0.05, 0) is 99.2 Å². The summed E-state index contributed by atoms with van der Waals surface area (Å²) in [6.07, 6.45) is 13.2. The maximum absolute atomic E-state index is 15.1. The molecule has 0 aromatic heterocycles. The number of esters is 1. The van der Waals surface area contributed by atoms with Crippen molar-refractivity contribution in [3.05, 3.63) is 89.8 Å². The lowest BCUT2D eigenvalue weighted by Gasteiger charge is -2.42. The highest BCUT2D eigenvalue weighted by atomic mass is 19.1. The molecule has 0 N–H and O–H groups in total. The number of carbonyl (C=O) groups is 1. The van der Waals surface area contributed by atoms with Crippen LogP contribution in [-0.2, 0) is 6.42 Å². The van der Waals surface area contributed by atoms with Crippen LogP contribution in [0, 0.1) is 35.2 Å². The Morgan fingerprint density at radius 1 is 0.889 bits per heavy atom. The third kappa shape index (κ3) is 6.11. The molecule has 0 amide bonds. The molecule has 4 unspecified atom stereocenters. The van der Waals surface area contributed by atoms with Gasteiger partial charge in [-0.2, -0.15) is 0 Å². The van der Waals surface area contributed by atoms with Gasteiger partial charge in [0.15, 0.2) is 0 Å². The van der Waals surface area contributed by atoms with Crippen LogP contribution < -0.4 is 4.74 Å². The van der Waals surface area contributed by atoms with Crippen LogP contribution in [0.15, 0.2) is 55.6 Å². The molecule has 2 nitrogen and oxygen atoms in total. The van der Waals surface area contributed by atoms with Crippen molar-refractivity contribution in [2.75, 3.05) is 0 Å². The number of hydrogen-bond acceptors (Lipinski definition) is 2. The molecule has 0 radical (unpaired) electrons. The van der Waals surface area contributed by atoms with Crippen LogP contribution >= 0.6 is 0 Å². The predicted molar refractivity (Wildman–Crippen MR) is 137 cm³/mol. The summed E-state index contributed by atoms with van der Waals surface area (Å²) in [7, 11) is 0. The number of hydrogen-bond donors (Lipinski definition) is 0. The van der Waals surface area contributed by atoms with E-state index in [1.165, 1.54) is 31.7 Å². The zero-order valence-electron chi connectivity index (χ0n) is 20.8. The first-order valence-electron chi connectivity index (χ1n) is 13.1. The van der Waals surface area contributed by atoms with Crippen molar-refractivity contribution in [2.45, 2.75) is 70.1 Å². The largest absolute Gasteiger partial charge is 0.423 e. The Bertz CT molecular complexity index is 1090. The first kappa shape index (κ1) is 26.2. The van der Waals surface area contributed by atoms with Gasteiger partial charge in [-0.15, -0.1) is 13.2 Å². The predicted octanol–water partition coefficient (Wildman–Crippen LogP) is 8.71. The molecule has 0 spiro atoms. The molecule has 0 heterocycles. The zero-order chi connectivity index (χ0) is 25.7. The second-order valence-electron chi connectivity index (χ2n) is 10.4. The van der Waals surface area contributed by atoms with E-state index in [0.717, 1.165) is 49.7 Å². The van der Waals surface area contributed by atoms with Gasteiger partial charge in [0.05, 0.1) is 5.56 Å². The van der Waals surface area contributed by atoms with Crippen molar-refractivity contribution in [2.24, 2.45) is 17.8 Å². The fourth-order valence-corrected chi connectivity index (χ4v) is 6.16. The highest BCUT2D eigenvalue weighted by molar-refractivity contribution is 5.91. The average Bonchev–Trinajstić information content (AvgIpc) is 2.86. The van der Waals surface area contributed by atoms with Crippen LogP contribution in [0.4, 0.5) is 13.2 Å². The van der Waals surface area contributed by atoms with Crippen LogP contribution in [0.2, 0.25) is 0 Å². The van der Waals surface area contributed by atoms with Gasteiger partial charge in [-0.25, -0.2) is 18.0 Å². The molecule has 0 aliphatic heterocycles. The lowest BCUT2D eigenvalue weighted by molar-refractivity contribution is 0.0733. The Labute approximate surface area is 212 Å². The number of allylic oxidation sites excluding steroid dienone is 2. The lowest BCUT2D eigenvalue weighted by atomic mass is 9.63. The summed E-state index contributed by atoms with van der Waals surface area (Å²) in [5, 5.41) is 0. The normalized spacial score (nSPS) is 23.5. The van der Waals surface area contributed by atoms with E-state index in [4.69, 9.17) is 4.74 Å². The zero-order valence-corrected chi connectivity index (χ0v) is 20.8. The van der Waals surface area contributed by atoms with Crippen molar-refractivity contribution < 1.29 is 22.7 Å². The molecule has 2 aliphatic rings. The van der Waals surface area contributed by atoms with E-state index in [9.17, 15) is 13.6 Å². The Hall–Kier alpha value is -2.82. The van der Waals surface area contributed by atoms with E-state index in [-0.39, 0.29) is 29.2 Å². The highest BCUT2D eigenvalue weighted by Gasteiger charge is 2.36. The fourth-order valence-electron chi connectivity index (χ4n) is 6.16. The second kappa shape index (κ2) is 11.9. The van der Waals surface area contributed by atoms with Crippen molar-refractivity contribution >= 4 is 5.97 Å². The Morgan fingerprint density at radius 2 is 1.58 bits per heavy atom. The summed E-state index contributed by atoms with van der Waals surface area (Å²) in [4.78, 5) is 12.6. The van der Waals surface area contributed by atoms with Crippen LogP contribution in [-0.4, -0.2) is 5.97 Å². The van der Waals surface area contributed by atoms with Gasteiger partial charge in [0.25, 0.3) is 0 Å². The monoisotopic (exact) mass is 496 g/mol. The standard InChI is InChI=1S/C31H35F3O2/c1-3-5-7-20-9-10-22-16-23(12-11-21(22)15-20)26-14-13-24(17-28(26)32)31(35)36-25-18-29(33)27(8-6-4-2)30(34)19-25/h3-4,13-14,17-23H,1-2,5-12,15-16H2. The number of carbonyl (C=O) groups excluding carboxylic acids is 1. The number of fused-ring (bicyclic) bond motifs is 1. The minimum Gasteiger partial charge on any atom is -0.423 e. The Balaban J connectivity index is 1.39. The molecule has 2 fully saturated rings. The molecular weight excluding hydrogens is 461 g/mol. The molecule has 192 valence electrons. The molecule has 0 bridgehead atoms. The van der Waals surface area contributed by atoms with Crippen molar-refractivity contribution in [1.29, 1.82) is 0 Å². The summed E-state index contributed by atoms with van der Waals surface area (Å²) in [5.74, 6) is -0.801. The number of rotatable bonds is 9. The van der Waals surface area contributed by atoms with Gasteiger partial charge in [-0.1, -0.05) is 24.6 Å². The van der Waals surface area contributed by atoms with Gasteiger partial charge in [0.1, 0.15) is 23.2 Å². The topological polar surface area (TPSA) is 26.3 Å². The first-order valence-corrected chi connectivity index (χ1v) is 13.1. The third-order valence-corrected chi connectivity index (χ3v) is 8.10. The number of benzene rings is 2. The van der Waals surface area contributed by atoms with Crippen LogP contribution in [0.1, 0.15) is 85.2 Å². The van der Waals surface area contributed by atoms with Gasteiger partial charge in [-0.3, -0.25) is 0 Å². The Kier molecular flexibility index (Phi) is 8.71. The average molecular weight is 497 g/mol. The summed E-state index contributed by atoms with van der Waals surface area (Å²) in [5.41, 5.74) is 0.580. The van der Waals surface area contributed by atoms with E-state index in [1.54, 1.807) is 18.2 Å². The van der Waals surface area contributed by atoms with Crippen molar-refractivity contribution in [3.63, 3.8) is 0 Å². The first-order chi connectivity index (χ1) is 17.4.